The molecule has 1 fully saturated rings. The average molecular weight is 401 g/mol. The molecule has 0 radical (unpaired) electrons. The molecule has 0 bridgehead atoms. The highest BCUT2D eigenvalue weighted by Crippen LogP contribution is 2.18. The van der Waals surface area contributed by atoms with E-state index in [-0.39, 0.29) is 11.5 Å². The van der Waals surface area contributed by atoms with Crippen molar-refractivity contribution in [1.82, 2.24) is 30.0 Å². The first-order valence-electron chi connectivity index (χ1n) is 10.4. The van der Waals surface area contributed by atoms with Crippen LogP contribution in [-0.4, -0.2) is 50.2 Å². The maximum atomic E-state index is 12.3. The first kappa shape index (κ1) is 21.2. The minimum absolute atomic E-state index is 0.0941. The van der Waals surface area contributed by atoms with Crippen LogP contribution in [0.4, 0.5) is 0 Å². The fraction of sp³-hybridized carbons (Fsp3) is 0.619. The molecule has 1 atom stereocenters. The molecule has 2 aromatic heterocycles. The van der Waals surface area contributed by atoms with E-state index in [4.69, 9.17) is 0 Å². The molecule has 2 aromatic rings. The number of hydrogen-bond donors (Lipinski definition) is 2. The highest BCUT2D eigenvalue weighted by Gasteiger charge is 2.21. The normalized spacial score (nSPS) is 17.4. The predicted molar refractivity (Wildman–Crippen MR) is 112 cm³/mol. The lowest BCUT2D eigenvalue weighted by molar-refractivity contribution is -0.121. The Morgan fingerprint density at radius 3 is 2.83 bits per heavy atom. The van der Waals surface area contributed by atoms with Crippen molar-refractivity contribution in [3.8, 4) is 0 Å². The van der Waals surface area contributed by atoms with Crippen molar-refractivity contribution in [3.63, 3.8) is 0 Å². The lowest BCUT2D eigenvalue weighted by Gasteiger charge is -2.32. The van der Waals surface area contributed by atoms with Crippen LogP contribution in [0.3, 0.4) is 0 Å². The fourth-order valence-electron chi connectivity index (χ4n) is 4.18. The number of aromatic amines is 1. The molecule has 1 amide bonds. The summed E-state index contributed by atoms with van der Waals surface area (Å²) < 4.78 is 1.87. The van der Waals surface area contributed by atoms with Crippen LogP contribution >= 0.6 is 0 Å². The molecule has 1 saturated heterocycles. The number of H-pyrrole nitrogens is 1. The largest absolute Gasteiger partial charge is 0.356 e. The van der Waals surface area contributed by atoms with Crippen LogP contribution in [0.15, 0.2) is 10.9 Å². The molecule has 0 aromatic carbocycles. The molecular formula is C21H32N6O2. The fourth-order valence-corrected chi connectivity index (χ4v) is 4.18. The molecule has 8 nitrogen and oxygen atoms in total. The molecule has 3 rings (SSSR count). The second-order valence-corrected chi connectivity index (χ2v) is 8.14. The molecule has 1 aliphatic rings. The summed E-state index contributed by atoms with van der Waals surface area (Å²) in [5.74, 6) is 1.17. The molecule has 3 heterocycles. The van der Waals surface area contributed by atoms with Gasteiger partial charge in [0.05, 0.1) is 11.4 Å². The van der Waals surface area contributed by atoms with E-state index < -0.39 is 0 Å². The molecule has 0 aliphatic carbocycles. The van der Waals surface area contributed by atoms with Crippen molar-refractivity contribution in [2.24, 2.45) is 13.0 Å². The van der Waals surface area contributed by atoms with Gasteiger partial charge >= 0.3 is 0 Å². The van der Waals surface area contributed by atoms with Gasteiger partial charge in [0, 0.05) is 44.9 Å². The Morgan fingerprint density at radius 1 is 1.34 bits per heavy atom. The number of piperidine rings is 1. The Labute approximate surface area is 171 Å². The van der Waals surface area contributed by atoms with Crippen LogP contribution in [0.5, 0.6) is 0 Å². The van der Waals surface area contributed by atoms with Gasteiger partial charge in [-0.2, -0.15) is 5.10 Å². The number of rotatable bonds is 7. The molecule has 2 N–H and O–H groups in total. The number of amides is 1. The number of carbonyl (C=O) groups excluding carboxylic acids is 1. The zero-order valence-electron chi connectivity index (χ0n) is 17.9. The van der Waals surface area contributed by atoms with Crippen LogP contribution in [-0.2, 0) is 24.8 Å². The van der Waals surface area contributed by atoms with Crippen LogP contribution in [0.25, 0.3) is 0 Å². The van der Waals surface area contributed by atoms with Gasteiger partial charge in [-0.05, 0) is 58.1 Å². The summed E-state index contributed by atoms with van der Waals surface area (Å²) in [5, 5.41) is 7.52. The lowest BCUT2D eigenvalue weighted by Crippen LogP contribution is -2.40. The van der Waals surface area contributed by atoms with Crippen LogP contribution in [0, 0.1) is 26.7 Å². The van der Waals surface area contributed by atoms with Gasteiger partial charge < -0.3 is 10.3 Å². The van der Waals surface area contributed by atoms with Gasteiger partial charge in [0.15, 0.2) is 0 Å². The topological polar surface area (TPSA) is 95.9 Å². The number of nitrogens with zero attached hydrogens (tertiary/aromatic N) is 4. The maximum absolute atomic E-state index is 12.3. The van der Waals surface area contributed by atoms with Gasteiger partial charge in [-0.25, -0.2) is 4.98 Å². The number of likely N-dealkylation sites (tertiary alicyclic amines) is 1. The summed E-state index contributed by atoms with van der Waals surface area (Å²) in [7, 11) is 1.93. The Kier molecular flexibility index (Phi) is 6.84. The highest BCUT2D eigenvalue weighted by molar-refractivity contribution is 5.76. The summed E-state index contributed by atoms with van der Waals surface area (Å²) in [6.07, 6.45) is 3.41. The number of aromatic nitrogens is 4. The number of hydrogen-bond acceptors (Lipinski definition) is 5. The third-order valence-electron chi connectivity index (χ3n) is 5.75. The zero-order chi connectivity index (χ0) is 21.0. The van der Waals surface area contributed by atoms with Crippen molar-refractivity contribution in [2.75, 3.05) is 19.6 Å². The molecule has 8 heteroatoms. The molecular weight excluding hydrogens is 368 g/mol. The molecule has 0 saturated carbocycles. The zero-order valence-corrected chi connectivity index (χ0v) is 17.9. The monoisotopic (exact) mass is 400 g/mol. The van der Waals surface area contributed by atoms with Gasteiger partial charge in [-0.15, -0.1) is 0 Å². The van der Waals surface area contributed by atoms with Crippen molar-refractivity contribution in [2.45, 2.75) is 53.0 Å². The van der Waals surface area contributed by atoms with Gasteiger partial charge in [0.2, 0.25) is 5.91 Å². The van der Waals surface area contributed by atoms with Gasteiger partial charge in [0.1, 0.15) is 5.82 Å². The van der Waals surface area contributed by atoms with Crippen LogP contribution in [0.2, 0.25) is 0 Å². The van der Waals surface area contributed by atoms with Crippen molar-refractivity contribution >= 4 is 5.91 Å². The Morgan fingerprint density at radius 2 is 2.14 bits per heavy atom. The van der Waals surface area contributed by atoms with Gasteiger partial charge in [-0.1, -0.05) is 0 Å². The van der Waals surface area contributed by atoms with E-state index in [9.17, 15) is 9.59 Å². The molecule has 1 aliphatic heterocycles. The minimum Gasteiger partial charge on any atom is -0.356 e. The molecule has 0 spiro atoms. The third kappa shape index (κ3) is 5.76. The summed E-state index contributed by atoms with van der Waals surface area (Å²) >= 11 is 0. The summed E-state index contributed by atoms with van der Waals surface area (Å²) in [6, 6.07) is 1.57. The standard InChI is InChI=1S/C21H32N6O2/c1-14-19(15(2)26(4)25-14)7-8-20(28)22-11-17-6-5-9-27(12-17)13-18-10-21(29)24-16(3)23-18/h10,17H,5-9,11-13H2,1-4H3,(H,22,28)(H,23,24,29). The summed E-state index contributed by atoms with van der Waals surface area (Å²) in [4.78, 5) is 33.4. The van der Waals surface area contributed by atoms with Crippen LogP contribution in [0.1, 0.15) is 47.7 Å². The highest BCUT2D eigenvalue weighted by atomic mass is 16.1. The van der Waals surface area contributed by atoms with Crippen molar-refractivity contribution in [1.29, 1.82) is 0 Å². The van der Waals surface area contributed by atoms with E-state index in [1.54, 1.807) is 13.0 Å². The predicted octanol–water partition coefficient (Wildman–Crippen LogP) is 1.39. The Hall–Kier alpha value is -2.48. The number of nitrogens with one attached hydrogen (secondary N) is 2. The lowest BCUT2D eigenvalue weighted by atomic mass is 9.97. The third-order valence-corrected chi connectivity index (χ3v) is 5.75. The second kappa shape index (κ2) is 9.35. The van der Waals surface area contributed by atoms with Gasteiger partial charge in [-0.3, -0.25) is 19.2 Å². The van der Waals surface area contributed by atoms with E-state index in [2.05, 4.69) is 25.3 Å². The molecule has 29 heavy (non-hydrogen) atoms. The first-order valence-corrected chi connectivity index (χ1v) is 10.4. The first-order chi connectivity index (χ1) is 13.8. The minimum atomic E-state index is -0.104. The van der Waals surface area contributed by atoms with E-state index in [1.165, 1.54) is 5.56 Å². The number of carbonyl (C=O) groups is 1. The van der Waals surface area contributed by atoms with E-state index in [0.717, 1.165) is 49.4 Å². The summed E-state index contributed by atoms with van der Waals surface area (Å²) in [5.41, 5.74) is 4.00. The van der Waals surface area contributed by atoms with E-state index in [0.29, 0.717) is 31.3 Å². The van der Waals surface area contributed by atoms with E-state index >= 15 is 0 Å². The maximum Gasteiger partial charge on any atom is 0.251 e. The van der Waals surface area contributed by atoms with Gasteiger partial charge in [0.25, 0.3) is 5.56 Å². The van der Waals surface area contributed by atoms with E-state index in [1.807, 2.05) is 25.6 Å². The number of aryl methyl sites for hydroxylation is 3. The van der Waals surface area contributed by atoms with Crippen molar-refractivity contribution in [3.05, 3.63) is 44.9 Å². The van der Waals surface area contributed by atoms with Crippen molar-refractivity contribution < 1.29 is 4.79 Å². The molecule has 158 valence electrons. The second-order valence-electron chi connectivity index (χ2n) is 8.14. The summed E-state index contributed by atoms with van der Waals surface area (Å²) in [6.45, 7) is 9.12. The smallest absolute Gasteiger partial charge is 0.251 e. The Balaban J connectivity index is 1.45. The quantitative estimate of drug-likeness (QED) is 0.732. The van der Waals surface area contributed by atoms with Crippen LogP contribution < -0.4 is 10.9 Å². The molecule has 1 unspecified atom stereocenters. The average Bonchev–Trinajstić information content (AvgIpc) is 2.89. The SMILES string of the molecule is Cc1nc(CN2CCCC(CNC(=O)CCc3c(C)nn(C)c3C)C2)cc(=O)[nH]1. The Bertz CT molecular complexity index is 916.